The summed E-state index contributed by atoms with van der Waals surface area (Å²) in [6.45, 7) is 2.07. The lowest BCUT2D eigenvalue weighted by atomic mass is 9.96. The van der Waals surface area contributed by atoms with E-state index in [-0.39, 0.29) is 31.3 Å². The molecule has 0 amide bonds. The standard InChI is InChI=1S/C12H25B2O8P/c1-2-18-7-3-11(13)21-10(7)6-19-23(16,17)22-8-4-12(14)20-9(8)5-15/h7-12,15H,2-6,13-14H2,1H3,(H,16,17)/t7?,8?,9-,10-,11-,12-/m1/s1. The Morgan fingerprint density at radius 1 is 1.17 bits per heavy atom. The Labute approximate surface area is 138 Å². The van der Waals surface area contributed by atoms with Gasteiger partial charge in [0.1, 0.15) is 27.9 Å². The Morgan fingerprint density at radius 2 is 1.78 bits per heavy atom. The first-order valence-corrected chi connectivity index (χ1v) is 9.53. The van der Waals surface area contributed by atoms with E-state index in [0.29, 0.717) is 13.0 Å². The average molecular weight is 350 g/mol. The van der Waals surface area contributed by atoms with Crippen LogP contribution in [0.25, 0.3) is 0 Å². The van der Waals surface area contributed by atoms with Crippen LogP contribution in [0.4, 0.5) is 0 Å². The fraction of sp³-hybridized carbons (Fsp3) is 1.00. The van der Waals surface area contributed by atoms with Gasteiger partial charge in [-0.25, -0.2) is 4.57 Å². The molecular weight excluding hydrogens is 325 g/mol. The molecule has 23 heavy (non-hydrogen) atoms. The molecule has 2 N–H and O–H groups in total. The largest absolute Gasteiger partial charge is 0.472 e. The van der Waals surface area contributed by atoms with E-state index in [1.165, 1.54) is 0 Å². The van der Waals surface area contributed by atoms with Gasteiger partial charge in [0.2, 0.25) is 0 Å². The molecule has 0 saturated carbocycles. The van der Waals surface area contributed by atoms with Crippen LogP contribution < -0.4 is 0 Å². The fourth-order valence-corrected chi connectivity index (χ4v) is 3.98. The molecule has 2 fully saturated rings. The molecule has 11 heteroatoms. The fourth-order valence-electron chi connectivity index (χ4n) is 3.02. The van der Waals surface area contributed by atoms with E-state index in [1.54, 1.807) is 0 Å². The molecule has 132 valence electrons. The van der Waals surface area contributed by atoms with Crippen LogP contribution in [0.15, 0.2) is 0 Å². The summed E-state index contributed by atoms with van der Waals surface area (Å²) in [6.07, 6.45) is -0.696. The maximum absolute atomic E-state index is 12.1. The van der Waals surface area contributed by atoms with Crippen molar-refractivity contribution in [2.45, 2.75) is 56.2 Å². The summed E-state index contributed by atoms with van der Waals surface area (Å²) >= 11 is 0. The van der Waals surface area contributed by atoms with Gasteiger partial charge in [0.05, 0.1) is 25.4 Å². The quantitative estimate of drug-likeness (QED) is 0.398. The first-order valence-electron chi connectivity index (χ1n) is 8.03. The van der Waals surface area contributed by atoms with Crippen molar-refractivity contribution in [2.24, 2.45) is 0 Å². The van der Waals surface area contributed by atoms with Gasteiger partial charge in [-0.2, -0.15) is 0 Å². The number of rotatable bonds is 8. The van der Waals surface area contributed by atoms with Gasteiger partial charge in [-0.15, -0.1) is 0 Å². The monoisotopic (exact) mass is 350 g/mol. The lowest BCUT2D eigenvalue weighted by Crippen LogP contribution is -2.30. The predicted molar refractivity (Wildman–Crippen MR) is 86.8 cm³/mol. The number of hydrogen-bond acceptors (Lipinski definition) is 7. The minimum absolute atomic E-state index is 0.0157. The third kappa shape index (κ3) is 5.54. The van der Waals surface area contributed by atoms with E-state index >= 15 is 0 Å². The highest BCUT2D eigenvalue weighted by Crippen LogP contribution is 2.47. The van der Waals surface area contributed by atoms with E-state index in [0.717, 1.165) is 6.42 Å². The molecule has 2 saturated heterocycles. The van der Waals surface area contributed by atoms with E-state index in [2.05, 4.69) is 0 Å². The lowest BCUT2D eigenvalue weighted by Gasteiger charge is -2.23. The number of aliphatic hydroxyl groups excluding tert-OH is 1. The predicted octanol–water partition coefficient (Wildman–Crippen LogP) is -1.62. The first-order chi connectivity index (χ1) is 10.8. The van der Waals surface area contributed by atoms with Crippen molar-refractivity contribution >= 4 is 23.5 Å². The highest BCUT2D eigenvalue weighted by atomic mass is 31.2. The van der Waals surface area contributed by atoms with Gasteiger partial charge in [-0.3, -0.25) is 9.05 Å². The van der Waals surface area contributed by atoms with Crippen molar-refractivity contribution in [1.29, 1.82) is 0 Å². The van der Waals surface area contributed by atoms with Gasteiger partial charge in [0.15, 0.2) is 0 Å². The summed E-state index contributed by atoms with van der Waals surface area (Å²) in [5, 5.41) is 9.22. The van der Waals surface area contributed by atoms with Crippen LogP contribution >= 0.6 is 7.82 Å². The molecule has 0 aromatic rings. The Hall–Kier alpha value is 0.0799. The maximum Gasteiger partial charge on any atom is 0.472 e. The minimum Gasteiger partial charge on any atom is -0.394 e. The molecule has 2 aliphatic heterocycles. The van der Waals surface area contributed by atoms with Crippen LogP contribution in [0.1, 0.15) is 19.8 Å². The Morgan fingerprint density at radius 3 is 2.39 bits per heavy atom. The Balaban J connectivity index is 1.85. The third-order valence-corrected chi connectivity index (χ3v) is 5.02. The lowest BCUT2D eigenvalue weighted by molar-refractivity contribution is -0.0416. The van der Waals surface area contributed by atoms with Gasteiger partial charge in [-0.05, 0) is 19.8 Å². The number of phosphoric acid groups is 1. The maximum atomic E-state index is 12.1. The Bertz CT molecular complexity index is 428. The van der Waals surface area contributed by atoms with Gasteiger partial charge >= 0.3 is 7.82 Å². The molecule has 8 nitrogen and oxygen atoms in total. The highest BCUT2D eigenvalue weighted by molar-refractivity contribution is 7.47. The molecule has 0 radical (unpaired) electrons. The summed E-state index contributed by atoms with van der Waals surface area (Å²) in [5.41, 5.74) is 0. The summed E-state index contributed by atoms with van der Waals surface area (Å²) in [6, 6.07) is -0.125. The summed E-state index contributed by atoms with van der Waals surface area (Å²) < 4.78 is 39.0. The molecule has 0 aromatic carbocycles. The second kappa shape index (κ2) is 8.45. The van der Waals surface area contributed by atoms with Gasteiger partial charge in [-0.1, -0.05) is 0 Å². The molecule has 0 aliphatic carbocycles. The zero-order chi connectivity index (χ0) is 17.0. The average Bonchev–Trinajstić information content (AvgIpc) is 2.99. The van der Waals surface area contributed by atoms with Crippen molar-refractivity contribution < 1.29 is 37.8 Å². The second-order valence-corrected chi connectivity index (χ2v) is 7.43. The van der Waals surface area contributed by atoms with Gasteiger partial charge in [0.25, 0.3) is 0 Å². The SMILES string of the molecule is B[C@H]1CC(OCC)[C@@H](COP(=O)(O)OC2C[C@H](B)O[C@@H]2CO)O1. The van der Waals surface area contributed by atoms with Crippen LogP contribution in [0.5, 0.6) is 0 Å². The zero-order valence-electron chi connectivity index (χ0n) is 13.8. The molecule has 2 rings (SSSR count). The summed E-state index contributed by atoms with van der Waals surface area (Å²) in [7, 11) is -0.527. The normalized spacial score (nSPS) is 40.3. The molecule has 7 atom stereocenters. The molecule has 2 heterocycles. The molecule has 0 aromatic heterocycles. The van der Waals surface area contributed by atoms with Gasteiger partial charge in [0, 0.05) is 18.6 Å². The smallest absolute Gasteiger partial charge is 0.394 e. The van der Waals surface area contributed by atoms with E-state index < -0.39 is 26.1 Å². The number of phosphoric ester groups is 1. The Kier molecular flexibility index (Phi) is 7.13. The van der Waals surface area contributed by atoms with Crippen LogP contribution in [0.2, 0.25) is 0 Å². The van der Waals surface area contributed by atoms with Gasteiger partial charge < -0.3 is 24.2 Å². The number of hydrogen-bond donors (Lipinski definition) is 2. The molecule has 0 bridgehead atoms. The van der Waals surface area contributed by atoms with Crippen molar-refractivity contribution in [3.63, 3.8) is 0 Å². The topological polar surface area (TPSA) is 104 Å². The highest BCUT2D eigenvalue weighted by Gasteiger charge is 2.40. The summed E-state index contributed by atoms with van der Waals surface area (Å²) in [4.78, 5) is 9.89. The van der Waals surface area contributed by atoms with Crippen molar-refractivity contribution in [3.05, 3.63) is 0 Å². The van der Waals surface area contributed by atoms with Crippen molar-refractivity contribution in [1.82, 2.24) is 0 Å². The van der Waals surface area contributed by atoms with Crippen LogP contribution in [0.3, 0.4) is 0 Å². The molecular formula is C12H25B2O8P. The first kappa shape index (κ1) is 19.4. The number of aliphatic hydroxyl groups is 1. The van der Waals surface area contributed by atoms with E-state index in [1.807, 2.05) is 22.6 Å². The van der Waals surface area contributed by atoms with Crippen molar-refractivity contribution in [2.75, 3.05) is 19.8 Å². The summed E-state index contributed by atoms with van der Waals surface area (Å²) in [5.74, 6) is 0. The van der Waals surface area contributed by atoms with Crippen LogP contribution in [-0.4, -0.2) is 81.9 Å². The number of ether oxygens (including phenoxy) is 3. The molecule has 2 aliphatic rings. The van der Waals surface area contributed by atoms with E-state index in [9.17, 15) is 14.6 Å². The second-order valence-electron chi connectivity index (χ2n) is 6.03. The zero-order valence-corrected chi connectivity index (χ0v) is 14.7. The molecule has 3 unspecified atom stereocenters. The van der Waals surface area contributed by atoms with Crippen LogP contribution in [-0.2, 0) is 27.8 Å². The van der Waals surface area contributed by atoms with E-state index in [4.69, 9.17) is 23.3 Å². The molecule has 0 spiro atoms. The minimum atomic E-state index is -4.26. The third-order valence-electron chi connectivity index (χ3n) is 4.00. The van der Waals surface area contributed by atoms with Crippen molar-refractivity contribution in [3.8, 4) is 0 Å². The van der Waals surface area contributed by atoms with Crippen LogP contribution in [0, 0.1) is 0 Å².